The van der Waals surface area contributed by atoms with Crippen LogP contribution in [0.15, 0.2) is 40.9 Å². The maximum absolute atomic E-state index is 9.85. The van der Waals surface area contributed by atoms with Crippen molar-refractivity contribution in [3.05, 3.63) is 57.6 Å². The van der Waals surface area contributed by atoms with E-state index in [9.17, 15) is 5.11 Å². The van der Waals surface area contributed by atoms with Crippen molar-refractivity contribution in [1.82, 2.24) is 0 Å². The lowest BCUT2D eigenvalue weighted by Gasteiger charge is -2.15. The lowest BCUT2D eigenvalue weighted by molar-refractivity contribution is 0.189. The molecule has 0 spiro atoms. The van der Waals surface area contributed by atoms with Gasteiger partial charge in [-0.3, -0.25) is 0 Å². The van der Waals surface area contributed by atoms with Gasteiger partial charge in [-0.1, -0.05) is 27.6 Å². The van der Waals surface area contributed by atoms with Crippen LogP contribution in [0.4, 0.5) is 0 Å². The van der Waals surface area contributed by atoms with E-state index in [1.807, 2.05) is 43.3 Å². The maximum Gasteiger partial charge on any atom is 0.125 e. The van der Waals surface area contributed by atoms with E-state index in [1.165, 1.54) is 0 Å². The van der Waals surface area contributed by atoms with Gasteiger partial charge in [-0.05, 0) is 44.2 Å². The van der Waals surface area contributed by atoms with Crippen LogP contribution in [0.25, 0.3) is 0 Å². The van der Waals surface area contributed by atoms with E-state index in [2.05, 4.69) is 15.9 Å². The highest BCUT2D eigenvalue weighted by Gasteiger charge is 2.11. The molecule has 0 aliphatic carbocycles. The number of aliphatic hydroxyl groups is 1. The van der Waals surface area contributed by atoms with Crippen LogP contribution in [0, 0.1) is 6.92 Å². The third-order valence-electron chi connectivity index (χ3n) is 3.24. The highest BCUT2D eigenvalue weighted by Crippen LogP contribution is 2.30. The van der Waals surface area contributed by atoms with Crippen molar-refractivity contribution in [3.63, 3.8) is 0 Å². The molecule has 0 heterocycles. The van der Waals surface area contributed by atoms with E-state index in [-0.39, 0.29) is 0 Å². The Morgan fingerprint density at radius 1 is 1.14 bits per heavy atom. The highest BCUT2D eigenvalue weighted by molar-refractivity contribution is 9.10. The molecule has 0 saturated heterocycles. The maximum atomic E-state index is 9.85. The first-order valence-electron chi connectivity index (χ1n) is 6.75. The molecule has 1 N–H and O–H groups in total. The molecule has 112 valence electrons. The van der Waals surface area contributed by atoms with Crippen LogP contribution in [0.1, 0.15) is 29.7 Å². The highest BCUT2D eigenvalue weighted by atomic mass is 79.9. The number of hydrogen-bond donors (Lipinski definition) is 1. The summed E-state index contributed by atoms with van der Waals surface area (Å²) in [6, 6.07) is 11.6. The molecule has 0 saturated carbocycles. The number of rotatable bonds is 5. The Morgan fingerprint density at radius 2 is 1.86 bits per heavy atom. The molecule has 21 heavy (non-hydrogen) atoms. The fourth-order valence-corrected chi connectivity index (χ4v) is 2.53. The van der Waals surface area contributed by atoms with Gasteiger partial charge in [0.2, 0.25) is 0 Å². The molecule has 0 bridgehead atoms. The summed E-state index contributed by atoms with van der Waals surface area (Å²) in [5.74, 6) is 1.48. The van der Waals surface area contributed by atoms with Crippen LogP contribution in [0.2, 0.25) is 0 Å². The third kappa shape index (κ3) is 3.99. The standard InChI is InChI=1S/C17H19BrO3/c1-11-4-6-16(20-3)13(8-11)10-21-17-7-5-14(18)9-15(17)12(2)19/h4-9,12,19H,10H2,1-3H3/t12-/m0/s1. The summed E-state index contributed by atoms with van der Waals surface area (Å²) in [6.45, 7) is 4.15. The minimum absolute atomic E-state index is 0.395. The number of benzene rings is 2. The largest absolute Gasteiger partial charge is 0.496 e. The molecule has 1 atom stereocenters. The van der Waals surface area contributed by atoms with E-state index >= 15 is 0 Å². The van der Waals surface area contributed by atoms with Gasteiger partial charge in [0.05, 0.1) is 13.2 Å². The molecule has 2 aromatic rings. The van der Waals surface area contributed by atoms with Gasteiger partial charge in [0, 0.05) is 15.6 Å². The molecule has 0 fully saturated rings. The molecule has 0 radical (unpaired) electrons. The van der Waals surface area contributed by atoms with Crippen LogP contribution in [0.5, 0.6) is 11.5 Å². The van der Waals surface area contributed by atoms with Gasteiger partial charge in [0.15, 0.2) is 0 Å². The third-order valence-corrected chi connectivity index (χ3v) is 3.73. The average molecular weight is 351 g/mol. The van der Waals surface area contributed by atoms with Gasteiger partial charge >= 0.3 is 0 Å². The Bertz CT molecular complexity index is 623. The Balaban J connectivity index is 2.22. The minimum Gasteiger partial charge on any atom is -0.496 e. The number of aliphatic hydroxyl groups excluding tert-OH is 1. The molecular weight excluding hydrogens is 332 g/mol. The first-order chi connectivity index (χ1) is 10.0. The van der Waals surface area contributed by atoms with Crippen LogP contribution in [-0.2, 0) is 6.61 Å². The predicted molar refractivity (Wildman–Crippen MR) is 86.8 cm³/mol. The van der Waals surface area contributed by atoms with Crippen molar-refractivity contribution in [2.45, 2.75) is 26.6 Å². The summed E-state index contributed by atoms with van der Waals surface area (Å²) in [5.41, 5.74) is 2.90. The van der Waals surface area contributed by atoms with Crippen LogP contribution in [-0.4, -0.2) is 12.2 Å². The molecule has 0 aliphatic heterocycles. The van der Waals surface area contributed by atoms with Gasteiger partial charge in [0.1, 0.15) is 18.1 Å². The van der Waals surface area contributed by atoms with Gasteiger partial charge in [-0.2, -0.15) is 0 Å². The van der Waals surface area contributed by atoms with Crippen molar-refractivity contribution in [2.75, 3.05) is 7.11 Å². The Kier molecular flexibility index (Phi) is 5.26. The molecule has 2 rings (SSSR count). The van der Waals surface area contributed by atoms with Gasteiger partial charge in [0.25, 0.3) is 0 Å². The molecule has 4 heteroatoms. The van der Waals surface area contributed by atoms with E-state index in [4.69, 9.17) is 9.47 Å². The van der Waals surface area contributed by atoms with Crippen LogP contribution >= 0.6 is 15.9 Å². The fraction of sp³-hybridized carbons (Fsp3) is 0.294. The van der Waals surface area contributed by atoms with Gasteiger partial charge in [-0.15, -0.1) is 0 Å². The first-order valence-corrected chi connectivity index (χ1v) is 7.54. The summed E-state index contributed by atoms with van der Waals surface area (Å²) in [6.07, 6.45) is -0.586. The quantitative estimate of drug-likeness (QED) is 0.868. The van der Waals surface area contributed by atoms with Crippen molar-refractivity contribution in [2.24, 2.45) is 0 Å². The lowest BCUT2D eigenvalue weighted by Crippen LogP contribution is -2.03. The van der Waals surface area contributed by atoms with Gasteiger partial charge < -0.3 is 14.6 Å². The second-order valence-corrected chi connectivity index (χ2v) is 5.88. The smallest absolute Gasteiger partial charge is 0.125 e. The van der Waals surface area contributed by atoms with E-state index in [0.29, 0.717) is 12.4 Å². The molecular formula is C17H19BrO3. The van der Waals surface area contributed by atoms with E-state index in [1.54, 1.807) is 14.0 Å². The number of aryl methyl sites for hydroxylation is 1. The second-order valence-electron chi connectivity index (χ2n) is 4.96. The normalized spacial score (nSPS) is 12.0. The van der Waals surface area contributed by atoms with E-state index in [0.717, 1.165) is 26.9 Å². The SMILES string of the molecule is COc1ccc(C)cc1COc1ccc(Br)cc1[C@H](C)O. The molecule has 0 aromatic heterocycles. The van der Waals surface area contributed by atoms with Crippen molar-refractivity contribution < 1.29 is 14.6 Å². The summed E-state index contributed by atoms with van der Waals surface area (Å²) in [4.78, 5) is 0. The Morgan fingerprint density at radius 3 is 2.52 bits per heavy atom. The van der Waals surface area contributed by atoms with Crippen LogP contribution < -0.4 is 9.47 Å². The fourth-order valence-electron chi connectivity index (χ4n) is 2.15. The summed E-state index contributed by atoms with van der Waals surface area (Å²) in [7, 11) is 1.65. The summed E-state index contributed by atoms with van der Waals surface area (Å²) >= 11 is 3.41. The predicted octanol–water partition coefficient (Wildman–Crippen LogP) is 4.40. The number of methoxy groups -OCH3 is 1. The Hall–Kier alpha value is -1.52. The number of ether oxygens (including phenoxy) is 2. The average Bonchev–Trinajstić information content (AvgIpc) is 2.46. The molecule has 0 amide bonds. The van der Waals surface area contributed by atoms with Crippen molar-refractivity contribution >= 4 is 15.9 Å². The molecule has 2 aromatic carbocycles. The van der Waals surface area contributed by atoms with Crippen molar-refractivity contribution in [3.8, 4) is 11.5 Å². The molecule has 3 nitrogen and oxygen atoms in total. The molecule has 0 unspecified atom stereocenters. The number of hydrogen-bond acceptors (Lipinski definition) is 3. The topological polar surface area (TPSA) is 38.7 Å². The zero-order valence-corrected chi connectivity index (χ0v) is 14.0. The van der Waals surface area contributed by atoms with Crippen molar-refractivity contribution in [1.29, 1.82) is 0 Å². The number of halogens is 1. The second kappa shape index (κ2) is 6.96. The van der Waals surface area contributed by atoms with Crippen LogP contribution in [0.3, 0.4) is 0 Å². The van der Waals surface area contributed by atoms with Gasteiger partial charge in [-0.25, -0.2) is 0 Å². The molecule has 0 aliphatic rings. The Labute approximate surface area is 133 Å². The van der Waals surface area contributed by atoms with E-state index < -0.39 is 6.10 Å². The first kappa shape index (κ1) is 15.9. The lowest BCUT2D eigenvalue weighted by atomic mass is 10.1. The zero-order chi connectivity index (χ0) is 15.4. The zero-order valence-electron chi connectivity index (χ0n) is 12.4. The monoisotopic (exact) mass is 350 g/mol. The summed E-state index contributed by atoms with van der Waals surface area (Å²) < 4.78 is 12.1. The summed E-state index contributed by atoms with van der Waals surface area (Å²) in [5, 5.41) is 9.85. The minimum atomic E-state index is -0.586.